The SMILES string of the molecule is O=C1CCC(c2cc3[nH]c(-c4ccccn4)nc3cc2Oc2ccc(C(=O)N3CCC3)nc2)O1. The number of rotatable bonds is 5. The van der Waals surface area contributed by atoms with Crippen LogP contribution in [0.2, 0.25) is 0 Å². The number of ether oxygens (including phenoxy) is 2. The van der Waals surface area contributed by atoms with E-state index in [1.807, 2.05) is 30.3 Å². The van der Waals surface area contributed by atoms with Crippen LogP contribution in [0.5, 0.6) is 11.5 Å². The third-order valence-corrected chi connectivity index (χ3v) is 6.08. The molecule has 1 unspecified atom stereocenters. The van der Waals surface area contributed by atoms with Crippen LogP contribution in [-0.2, 0) is 9.53 Å². The number of amides is 1. The van der Waals surface area contributed by atoms with Crippen molar-refractivity contribution >= 4 is 22.9 Å². The third kappa shape index (κ3) is 3.75. The Morgan fingerprint density at radius 2 is 2.06 bits per heavy atom. The summed E-state index contributed by atoms with van der Waals surface area (Å²) in [5.41, 5.74) is 3.34. The van der Waals surface area contributed by atoms with Crippen molar-refractivity contribution in [1.29, 1.82) is 0 Å². The summed E-state index contributed by atoms with van der Waals surface area (Å²) in [6.07, 6.45) is 4.80. The van der Waals surface area contributed by atoms with Gasteiger partial charge in [-0.05, 0) is 43.2 Å². The highest BCUT2D eigenvalue weighted by atomic mass is 16.6. The van der Waals surface area contributed by atoms with E-state index in [9.17, 15) is 9.59 Å². The number of hydrogen-bond acceptors (Lipinski definition) is 7. The monoisotopic (exact) mass is 455 g/mol. The van der Waals surface area contributed by atoms with Crippen LogP contribution in [-0.4, -0.2) is 49.8 Å². The minimum Gasteiger partial charge on any atom is -0.457 e. The Bertz CT molecular complexity index is 1380. The van der Waals surface area contributed by atoms with Crippen molar-refractivity contribution in [2.75, 3.05) is 13.1 Å². The molecule has 5 heterocycles. The molecule has 9 heteroatoms. The number of pyridine rings is 2. The molecule has 1 N–H and O–H groups in total. The van der Waals surface area contributed by atoms with Gasteiger partial charge >= 0.3 is 5.97 Å². The molecule has 1 aromatic carbocycles. The predicted octanol–water partition coefficient (Wildman–Crippen LogP) is 4.04. The van der Waals surface area contributed by atoms with Gasteiger partial charge in [0.05, 0.1) is 17.2 Å². The zero-order valence-corrected chi connectivity index (χ0v) is 18.2. The first kappa shape index (κ1) is 20.3. The summed E-state index contributed by atoms with van der Waals surface area (Å²) in [4.78, 5) is 42.6. The molecule has 4 aromatic rings. The van der Waals surface area contributed by atoms with E-state index in [1.54, 1.807) is 23.2 Å². The number of imidazole rings is 1. The third-order valence-electron chi connectivity index (χ3n) is 6.08. The number of aromatic amines is 1. The summed E-state index contributed by atoms with van der Waals surface area (Å²) in [6, 6.07) is 12.7. The lowest BCUT2D eigenvalue weighted by atomic mass is 10.0. The van der Waals surface area contributed by atoms with Crippen molar-refractivity contribution in [3.05, 3.63) is 66.1 Å². The number of likely N-dealkylation sites (tertiary alicyclic amines) is 1. The lowest BCUT2D eigenvalue weighted by Crippen LogP contribution is -2.42. The van der Waals surface area contributed by atoms with E-state index in [1.165, 1.54) is 6.20 Å². The van der Waals surface area contributed by atoms with Crippen LogP contribution in [0.25, 0.3) is 22.6 Å². The molecule has 0 saturated carbocycles. The molecule has 2 aliphatic rings. The lowest BCUT2D eigenvalue weighted by molar-refractivity contribution is -0.141. The molecule has 0 bridgehead atoms. The lowest BCUT2D eigenvalue weighted by Gasteiger charge is -2.30. The Labute approximate surface area is 194 Å². The van der Waals surface area contributed by atoms with Gasteiger partial charge in [0.2, 0.25) is 0 Å². The maximum absolute atomic E-state index is 12.4. The fraction of sp³-hybridized carbons (Fsp3) is 0.240. The van der Waals surface area contributed by atoms with Gasteiger partial charge in [0.15, 0.2) is 5.82 Å². The summed E-state index contributed by atoms with van der Waals surface area (Å²) < 4.78 is 11.7. The number of nitrogens with one attached hydrogen (secondary N) is 1. The van der Waals surface area contributed by atoms with Gasteiger partial charge in [-0.2, -0.15) is 0 Å². The summed E-state index contributed by atoms with van der Waals surface area (Å²) in [5.74, 6) is 1.33. The van der Waals surface area contributed by atoms with Gasteiger partial charge in [0.25, 0.3) is 5.91 Å². The summed E-state index contributed by atoms with van der Waals surface area (Å²) in [7, 11) is 0. The van der Waals surface area contributed by atoms with E-state index < -0.39 is 6.10 Å². The van der Waals surface area contributed by atoms with Crippen molar-refractivity contribution in [3.8, 4) is 23.0 Å². The van der Waals surface area contributed by atoms with Crippen LogP contribution in [0.1, 0.15) is 41.4 Å². The highest BCUT2D eigenvalue weighted by Crippen LogP contribution is 2.39. The van der Waals surface area contributed by atoms with Crippen LogP contribution in [0.15, 0.2) is 54.9 Å². The van der Waals surface area contributed by atoms with Crippen LogP contribution in [0.4, 0.5) is 0 Å². The molecule has 0 radical (unpaired) electrons. The number of esters is 1. The molecule has 34 heavy (non-hydrogen) atoms. The van der Waals surface area contributed by atoms with Crippen molar-refractivity contribution in [2.24, 2.45) is 0 Å². The smallest absolute Gasteiger partial charge is 0.306 e. The van der Waals surface area contributed by atoms with Gasteiger partial charge in [0, 0.05) is 37.3 Å². The van der Waals surface area contributed by atoms with Crippen LogP contribution in [0, 0.1) is 0 Å². The molecule has 0 aliphatic carbocycles. The molecule has 1 amide bonds. The average Bonchev–Trinajstić information content (AvgIpc) is 3.44. The maximum Gasteiger partial charge on any atom is 0.306 e. The molecule has 2 fully saturated rings. The normalized spacial score (nSPS) is 17.5. The Balaban J connectivity index is 1.34. The molecule has 3 aromatic heterocycles. The molecule has 0 spiro atoms. The zero-order valence-electron chi connectivity index (χ0n) is 18.2. The number of carbonyl (C=O) groups excluding carboxylic acids is 2. The van der Waals surface area contributed by atoms with E-state index in [0.29, 0.717) is 41.4 Å². The fourth-order valence-corrected chi connectivity index (χ4v) is 4.14. The molecular weight excluding hydrogens is 434 g/mol. The van der Waals surface area contributed by atoms with Crippen molar-refractivity contribution < 1.29 is 19.1 Å². The molecule has 9 nitrogen and oxygen atoms in total. The molecule has 170 valence electrons. The number of nitrogens with zero attached hydrogens (tertiary/aromatic N) is 4. The molecule has 6 rings (SSSR count). The van der Waals surface area contributed by atoms with E-state index in [0.717, 1.165) is 36.3 Å². The van der Waals surface area contributed by atoms with Crippen molar-refractivity contribution in [2.45, 2.75) is 25.4 Å². The number of H-pyrrole nitrogens is 1. The highest BCUT2D eigenvalue weighted by molar-refractivity contribution is 5.92. The van der Waals surface area contributed by atoms with Crippen LogP contribution in [0.3, 0.4) is 0 Å². The standard InChI is InChI=1S/C25H21N5O4/c31-23-8-7-21(34-23)16-12-19-20(29-24(28-19)17-4-1-2-9-26-17)13-22(16)33-15-5-6-18(27-14-15)25(32)30-10-3-11-30/h1-2,4-6,9,12-14,21H,3,7-8,10-11H2,(H,28,29). The average molecular weight is 455 g/mol. The summed E-state index contributed by atoms with van der Waals surface area (Å²) >= 11 is 0. The Morgan fingerprint density at radius 3 is 2.74 bits per heavy atom. The van der Waals surface area contributed by atoms with Gasteiger partial charge in [0.1, 0.15) is 29.0 Å². The fourth-order valence-electron chi connectivity index (χ4n) is 4.14. The Kier molecular flexibility index (Phi) is 4.94. The van der Waals surface area contributed by atoms with Gasteiger partial charge in [-0.15, -0.1) is 0 Å². The van der Waals surface area contributed by atoms with Gasteiger partial charge in [-0.1, -0.05) is 6.07 Å². The number of benzene rings is 1. The largest absolute Gasteiger partial charge is 0.457 e. The predicted molar refractivity (Wildman–Crippen MR) is 122 cm³/mol. The van der Waals surface area contributed by atoms with Crippen molar-refractivity contribution in [3.63, 3.8) is 0 Å². The quantitative estimate of drug-likeness (QED) is 0.452. The number of fused-ring (bicyclic) bond motifs is 1. The second kappa shape index (κ2) is 8.26. The highest BCUT2D eigenvalue weighted by Gasteiger charge is 2.29. The first-order chi connectivity index (χ1) is 16.6. The number of carbonyl (C=O) groups is 2. The summed E-state index contributed by atoms with van der Waals surface area (Å²) in [6.45, 7) is 1.54. The van der Waals surface area contributed by atoms with Crippen molar-refractivity contribution in [1.82, 2.24) is 24.8 Å². The zero-order chi connectivity index (χ0) is 23.1. The second-order valence-corrected chi connectivity index (χ2v) is 8.35. The molecular formula is C25H21N5O4. The first-order valence-corrected chi connectivity index (χ1v) is 11.2. The van der Waals surface area contributed by atoms with Crippen LogP contribution < -0.4 is 4.74 Å². The second-order valence-electron chi connectivity index (χ2n) is 8.35. The number of cyclic esters (lactones) is 1. The Hall–Kier alpha value is -4.27. The van der Waals surface area contributed by atoms with E-state index in [2.05, 4.69) is 19.9 Å². The van der Waals surface area contributed by atoms with Gasteiger partial charge < -0.3 is 19.4 Å². The molecule has 2 aliphatic heterocycles. The minimum absolute atomic E-state index is 0.0728. The maximum atomic E-state index is 12.4. The van der Waals surface area contributed by atoms with Crippen LogP contribution >= 0.6 is 0 Å². The van der Waals surface area contributed by atoms with E-state index in [-0.39, 0.29) is 11.9 Å². The van der Waals surface area contributed by atoms with E-state index in [4.69, 9.17) is 9.47 Å². The number of hydrogen-bond donors (Lipinski definition) is 1. The van der Waals surface area contributed by atoms with E-state index >= 15 is 0 Å². The topological polar surface area (TPSA) is 110 Å². The summed E-state index contributed by atoms with van der Waals surface area (Å²) in [5, 5.41) is 0. The first-order valence-electron chi connectivity index (χ1n) is 11.2. The molecule has 1 atom stereocenters. The van der Waals surface area contributed by atoms with Gasteiger partial charge in [-0.3, -0.25) is 14.6 Å². The number of aromatic nitrogens is 4. The molecule has 2 saturated heterocycles. The Morgan fingerprint density at radius 1 is 1.15 bits per heavy atom. The minimum atomic E-state index is -0.409. The van der Waals surface area contributed by atoms with Gasteiger partial charge in [-0.25, -0.2) is 9.97 Å².